The third-order valence-corrected chi connectivity index (χ3v) is 7.64. The molecule has 2 aromatic heterocycles. The van der Waals surface area contributed by atoms with Crippen LogP contribution in [0.5, 0.6) is 0 Å². The lowest BCUT2D eigenvalue weighted by atomic mass is 10.0. The number of fused-ring (bicyclic) bond motifs is 2. The number of hydrogen-bond donors (Lipinski definition) is 2. The van der Waals surface area contributed by atoms with Gasteiger partial charge in [-0.1, -0.05) is 12.8 Å². The summed E-state index contributed by atoms with van der Waals surface area (Å²) in [6, 6.07) is 7.96. The minimum absolute atomic E-state index is 0.748. The molecule has 0 radical (unpaired) electrons. The molecule has 6 rings (SSSR count). The van der Waals surface area contributed by atoms with Crippen LogP contribution in [0, 0.1) is 23.7 Å². The SMILES string of the molecule is Nc1ccc(N2C[C@H]3CCC[C@H]3C2)nc1.Nc1ccc(N2C[C@H]3CCC[C@H]3C2)nc1. The van der Waals surface area contributed by atoms with Gasteiger partial charge in [0, 0.05) is 26.2 Å². The maximum atomic E-state index is 5.64. The molecule has 6 heteroatoms. The van der Waals surface area contributed by atoms with E-state index < -0.39 is 0 Å². The third kappa shape index (κ3) is 4.05. The monoisotopic (exact) mass is 406 g/mol. The maximum Gasteiger partial charge on any atom is 0.128 e. The third-order valence-electron chi connectivity index (χ3n) is 7.64. The van der Waals surface area contributed by atoms with Crippen LogP contribution in [-0.4, -0.2) is 36.1 Å². The van der Waals surface area contributed by atoms with E-state index in [1.165, 1.54) is 64.7 Å². The highest BCUT2D eigenvalue weighted by atomic mass is 15.2. The van der Waals surface area contributed by atoms with Crippen molar-refractivity contribution in [3.63, 3.8) is 0 Å². The zero-order valence-electron chi connectivity index (χ0n) is 17.8. The molecular formula is C24H34N6. The molecule has 4 atom stereocenters. The number of rotatable bonds is 2. The zero-order valence-corrected chi connectivity index (χ0v) is 17.8. The van der Waals surface area contributed by atoms with Crippen molar-refractivity contribution in [2.75, 3.05) is 47.4 Å². The summed E-state index contributed by atoms with van der Waals surface area (Å²) in [5, 5.41) is 0. The highest BCUT2D eigenvalue weighted by Gasteiger charge is 2.37. The Morgan fingerprint density at radius 3 is 1.27 bits per heavy atom. The van der Waals surface area contributed by atoms with Gasteiger partial charge >= 0.3 is 0 Å². The molecule has 160 valence electrons. The fraction of sp³-hybridized carbons (Fsp3) is 0.583. The Balaban J connectivity index is 0.000000128. The topological polar surface area (TPSA) is 84.3 Å². The molecule has 0 spiro atoms. The van der Waals surface area contributed by atoms with Gasteiger partial charge in [-0.25, -0.2) is 9.97 Å². The largest absolute Gasteiger partial charge is 0.397 e. The van der Waals surface area contributed by atoms with Crippen molar-refractivity contribution in [3.05, 3.63) is 36.7 Å². The molecule has 4 heterocycles. The van der Waals surface area contributed by atoms with Crippen LogP contribution < -0.4 is 21.3 Å². The number of anilines is 4. The summed E-state index contributed by atoms with van der Waals surface area (Å²) >= 11 is 0. The molecule has 4 fully saturated rings. The molecular weight excluding hydrogens is 372 g/mol. The number of nitrogen functional groups attached to an aromatic ring is 2. The van der Waals surface area contributed by atoms with E-state index >= 15 is 0 Å². The number of hydrogen-bond acceptors (Lipinski definition) is 6. The van der Waals surface area contributed by atoms with E-state index in [2.05, 4.69) is 19.8 Å². The van der Waals surface area contributed by atoms with Crippen molar-refractivity contribution < 1.29 is 0 Å². The fourth-order valence-electron chi connectivity index (χ4n) is 6.01. The second-order valence-corrected chi connectivity index (χ2v) is 9.61. The lowest BCUT2D eigenvalue weighted by Crippen LogP contribution is -2.21. The summed E-state index contributed by atoms with van der Waals surface area (Å²) in [7, 11) is 0. The van der Waals surface area contributed by atoms with Crippen LogP contribution in [0.1, 0.15) is 38.5 Å². The van der Waals surface area contributed by atoms with Crippen LogP contribution in [0.25, 0.3) is 0 Å². The van der Waals surface area contributed by atoms with E-state index in [0.717, 1.165) is 46.7 Å². The summed E-state index contributed by atoms with van der Waals surface area (Å²) in [4.78, 5) is 13.6. The second kappa shape index (κ2) is 8.32. The van der Waals surface area contributed by atoms with Gasteiger partial charge in [-0.2, -0.15) is 0 Å². The Hall–Kier alpha value is -2.50. The van der Waals surface area contributed by atoms with Crippen LogP contribution >= 0.6 is 0 Å². The number of nitrogens with two attached hydrogens (primary N) is 2. The van der Waals surface area contributed by atoms with Crippen molar-refractivity contribution in [2.45, 2.75) is 38.5 Å². The Morgan fingerprint density at radius 1 is 0.600 bits per heavy atom. The molecule has 2 aromatic rings. The molecule has 2 aliphatic heterocycles. The first kappa shape index (κ1) is 19.5. The molecule has 2 aliphatic carbocycles. The van der Waals surface area contributed by atoms with Gasteiger partial charge in [0.15, 0.2) is 0 Å². The molecule has 2 saturated heterocycles. The number of pyridine rings is 2. The normalized spacial score (nSPS) is 29.5. The fourth-order valence-corrected chi connectivity index (χ4v) is 6.01. The van der Waals surface area contributed by atoms with Crippen molar-refractivity contribution in [3.8, 4) is 0 Å². The highest BCUT2D eigenvalue weighted by molar-refractivity contribution is 5.47. The Morgan fingerprint density at radius 2 is 0.967 bits per heavy atom. The molecule has 30 heavy (non-hydrogen) atoms. The first-order chi connectivity index (χ1) is 14.7. The molecule has 0 unspecified atom stereocenters. The molecule has 4 N–H and O–H groups in total. The second-order valence-electron chi connectivity index (χ2n) is 9.61. The van der Waals surface area contributed by atoms with Crippen LogP contribution in [0.15, 0.2) is 36.7 Å². The van der Waals surface area contributed by atoms with Crippen LogP contribution in [-0.2, 0) is 0 Å². The average molecular weight is 407 g/mol. The van der Waals surface area contributed by atoms with Gasteiger partial charge in [0.2, 0.25) is 0 Å². The van der Waals surface area contributed by atoms with Gasteiger partial charge in [-0.15, -0.1) is 0 Å². The minimum Gasteiger partial charge on any atom is -0.397 e. The summed E-state index contributed by atoms with van der Waals surface area (Å²) < 4.78 is 0. The average Bonchev–Trinajstić information content (AvgIpc) is 3.50. The van der Waals surface area contributed by atoms with Crippen LogP contribution in [0.4, 0.5) is 23.0 Å². The summed E-state index contributed by atoms with van der Waals surface area (Å²) in [5.41, 5.74) is 12.8. The smallest absolute Gasteiger partial charge is 0.128 e. The summed E-state index contributed by atoms with van der Waals surface area (Å²) in [6.07, 6.45) is 12.0. The van der Waals surface area contributed by atoms with E-state index in [0.29, 0.717) is 0 Å². The van der Waals surface area contributed by atoms with E-state index in [1.807, 2.05) is 24.3 Å². The molecule has 6 nitrogen and oxygen atoms in total. The summed E-state index contributed by atoms with van der Waals surface area (Å²) in [6.45, 7) is 4.78. The van der Waals surface area contributed by atoms with Crippen LogP contribution in [0.3, 0.4) is 0 Å². The van der Waals surface area contributed by atoms with E-state index in [9.17, 15) is 0 Å². The van der Waals surface area contributed by atoms with E-state index in [1.54, 1.807) is 12.4 Å². The Bertz CT molecular complexity index is 740. The quantitative estimate of drug-likeness (QED) is 0.789. The molecule has 0 aromatic carbocycles. The zero-order chi connectivity index (χ0) is 20.5. The van der Waals surface area contributed by atoms with Gasteiger partial charge < -0.3 is 21.3 Å². The Labute approximate surface area is 179 Å². The van der Waals surface area contributed by atoms with Crippen molar-refractivity contribution >= 4 is 23.0 Å². The van der Waals surface area contributed by atoms with Gasteiger partial charge in [0.25, 0.3) is 0 Å². The standard InChI is InChI=1S/2C12H17N3/c2*13-11-4-5-12(14-6-11)15-7-9-2-1-3-10(9)8-15/h2*4-6,9-10H,1-3,7-8,13H2/t2*9-,10+. The van der Waals surface area contributed by atoms with Gasteiger partial charge in [0.05, 0.1) is 23.8 Å². The molecule has 0 amide bonds. The lowest BCUT2D eigenvalue weighted by molar-refractivity contribution is 0.494. The van der Waals surface area contributed by atoms with Crippen molar-refractivity contribution in [1.82, 2.24) is 9.97 Å². The summed E-state index contributed by atoms with van der Waals surface area (Å²) in [5.74, 6) is 5.87. The molecule has 0 bridgehead atoms. The number of nitrogens with zero attached hydrogens (tertiary/aromatic N) is 4. The predicted octanol–water partition coefficient (Wildman–Crippen LogP) is 3.80. The van der Waals surface area contributed by atoms with Gasteiger partial charge in [-0.3, -0.25) is 0 Å². The first-order valence-electron chi connectivity index (χ1n) is 11.6. The van der Waals surface area contributed by atoms with Gasteiger partial charge in [-0.05, 0) is 73.6 Å². The molecule has 2 saturated carbocycles. The van der Waals surface area contributed by atoms with Crippen molar-refractivity contribution in [2.24, 2.45) is 23.7 Å². The molecule has 4 aliphatic rings. The van der Waals surface area contributed by atoms with Crippen molar-refractivity contribution in [1.29, 1.82) is 0 Å². The maximum absolute atomic E-state index is 5.64. The predicted molar refractivity (Wildman–Crippen MR) is 123 cm³/mol. The van der Waals surface area contributed by atoms with Gasteiger partial charge in [0.1, 0.15) is 11.6 Å². The highest BCUT2D eigenvalue weighted by Crippen LogP contribution is 2.40. The minimum atomic E-state index is 0.748. The van der Waals surface area contributed by atoms with E-state index in [4.69, 9.17) is 11.5 Å². The van der Waals surface area contributed by atoms with Crippen LogP contribution in [0.2, 0.25) is 0 Å². The number of aromatic nitrogens is 2. The first-order valence-corrected chi connectivity index (χ1v) is 11.6. The lowest BCUT2D eigenvalue weighted by Gasteiger charge is -2.18. The Kier molecular flexibility index (Phi) is 5.40. The van der Waals surface area contributed by atoms with E-state index in [-0.39, 0.29) is 0 Å².